The summed E-state index contributed by atoms with van der Waals surface area (Å²) in [5.41, 5.74) is 3.60. The SMILES string of the molecule is Cc1ccc(NC(=O)c2sc3ncn([C@@H](C)C(=O)Nc4ccc(Br)cc4)c(=O)c3c2C)c(C)c1. The Bertz CT molecular complexity index is 1470. The van der Waals surface area contributed by atoms with Crippen molar-refractivity contribution in [2.75, 3.05) is 10.6 Å². The average Bonchev–Trinajstić information content (AvgIpc) is 3.14. The van der Waals surface area contributed by atoms with E-state index in [0.717, 1.165) is 21.3 Å². The fraction of sp³-hybridized carbons (Fsp3) is 0.200. The van der Waals surface area contributed by atoms with E-state index in [1.165, 1.54) is 22.2 Å². The van der Waals surface area contributed by atoms with Crippen LogP contribution in [0.15, 0.2) is 58.1 Å². The molecule has 1 atom stereocenters. The number of amides is 2. The van der Waals surface area contributed by atoms with E-state index in [1.807, 2.05) is 44.2 Å². The molecule has 174 valence electrons. The second-order valence-electron chi connectivity index (χ2n) is 8.14. The Morgan fingerprint density at radius 2 is 1.76 bits per heavy atom. The summed E-state index contributed by atoms with van der Waals surface area (Å²) in [5.74, 6) is -0.634. The van der Waals surface area contributed by atoms with E-state index in [0.29, 0.717) is 26.3 Å². The van der Waals surface area contributed by atoms with E-state index in [1.54, 1.807) is 26.0 Å². The lowest BCUT2D eigenvalue weighted by Crippen LogP contribution is -2.31. The number of nitrogens with zero attached hydrogens (tertiary/aromatic N) is 2. The highest BCUT2D eigenvalue weighted by atomic mass is 79.9. The monoisotopic (exact) mass is 538 g/mol. The lowest BCUT2D eigenvalue weighted by atomic mass is 10.1. The Morgan fingerprint density at radius 1 is 1.06 bits per heavy atom. The molecule has 0 aliphatic heterocycles. The van der Waals surface area contributed by atoms with Crippen LogP contribution in [0.2, 0.25) is 0 Å². The molecule has 2 N–H and O–H groups in total. The maximum Gasteiger partial charge on any atom is 0.266 e. The summed E-state index contributed by atoms with van der Waals surface area (Å²) >= 11 is 4.53. The second kappa shape index (κ2) is 9.52. The van der Waals surface area contributed by atoms with Crippen LogP contribution in [-0.4, -0.2) is 21.4 Å². The van der Waals surface area contributed by atoms with E-state index in [4.69, 9.17) is 0 Å². The van der Waals surface area contributed by atoms with Crippen molar-refractivity contribution in [3.8, 4) is 0 Å². The summed E-state index contributed by atoms with van der Waals surface area (Å²) < 4.78 is 2.19. The topological polar surface area (TPSA) is 93.1 Å². The number of carbonyl (C=O) groups is 2. The summed E-state index contributed by atoms with van der Waals surface area (Å²) in [4.78, 5) is 44.3. The summed E-state index contributed by atoms with van der Waals surface area (Å²) in [6.45, 7) is 7.29. The van der Waals surface area contributed by atoms with Gasteiger partial charge in [-0.1, -0.05) is 33.6 Å². The minimum absolute atomic E-state index is 0.292. The summed E-state index contributed by atoms with van der Waals surface area (Å²) in [5, 5.41) is 6.09. The number of hydrogen-bond donors (Lipinski definition) is 2. The predicted octanol–water partition coefficient (Wildman–Crippen LogP) is 5.60. The van der Waals surface area contributed by atoms with Gasteiger partial charge in [0.1, 0.15) is 10.9 Å². The van der Waals surface area contributed by atoms with E-state index < -0.39 is 6.04 Å². The molecule has 0 radical (unpaired) electrons. The zero-order valence-corrected chi connectivity index (χ0v) is 21.5. The van der Waals surface area contributed by atoms with Gasteiger partial charge in [-0.3, -0.25) is 19.0 Å². The highest BCUT2D eigenvalue weighted by Gasteiger charge is 2.23. The fourth-order valence-electron chi connectivity index (χ4n) is 3.67. The molecule has 0 aliphatic carbocycles. The average molecular weight is 539 g/mol. The number of anilines is 2. The highest BCUT2D eigenvalue weighted by Crippen LogP contribution is 2.29. The highest BCUT2D eigenvalue weighted by molar-refractivity contribution is 9.10. The first-order valence-electron chi connectivity index (χ1n) is 10.6. The predicted molar refractivity (Wildman–Crippen MR) is 140 cm³/mol. The molecule has 2 amide bonds. The van der Waals surface area contributed by atoms with Gasteiger partial charge in [0, 0.05) is 15.8 Å². The molecule has 7 nitrogen and oxygen atoms in total. The molecule has 0 fully saturated rings. The normalized spacial score (nSPS) is 11.9. The lowest BCUT2D eigenvalue weighted by molar-refractivity contribution is -0.118. The fourth-order valence-corrected chi connectivity index (χ4v) is 4.97. The molecule has 9 heteroatoms. The Morgan fingerprint density at radius 3 is 2.44 bits per heavy atom. The zero-order valence-electron chi connectivity index (χ0n) is 19.1. The number of benzene rings is 2. The molecular formula is C25H23BrN4O3S. The largest absolute Gasteiger partial charge is 0.324 e. The van der Waals surface area contributed by atoms with Crippen LogP contribution in [0.3, 0.4) is 0 Å². The quantitative estimate of drug-likeness (QED) is 0.346. The van der Waals surface area contributed by atoms with Crippen LogP contribution in [0.4, 0.5) is 11.4 Å². The lowest BCUT2D eigenvalue weighted by Gasteiger charge is -2.15. The number of aromatic nitrogens is 2. The first-order chi connectivity index (χ1) is 16.2. The number of hydrogen-bond acceptors (Lipinski definition) is 5. The number of fused-ring (bicyclic) bond motifs is 1. The number of aryl methyl sites for hydroxylation is 3. The van der Waals surface area contributed by atoms with E-state index in [-0.39, 0.29) is 17.4 Å². The molecule has 0 bridgehead atoms. The third-order valence-corrected chi connectivity index (χ3v) is 7.35. The smallest absolute Gasteiger partial charge is 0.266 e. The van der Waals surface area contributed by atoms with Crippen LogP contribution in [0.25, 0.3) is 10.2 Å². The molecule has 0 saturated carbocycles. The standard InChI is InChI=1S/C25H23BrN4O3S/c1-13-5-10-19(14(2)11-13)29-23(32)21-15(3)20-24(34-21)27-12-30(25(20)33)16(4)22(31)28-18-8-6-17(26)7-9-18/h5-12,16H,1-4H3,(H,28,31)(H,29,32)/t16-/m0/s1. The van der Waals surface area contributed by atoms with Crippen LogP contribution in [-0.2, 0) is 4.79 Å². The molecule has 0 unspecified atom stereocenters. The van der Waals surface area contributed by atoms with Gasteiger partial charge < -0.3 is 10.6 Å². The van der Waals surface area contributed by atoms with Gasteiger partial charge in [-0.15, -0.1) is 11.3 Å². The molecule has 0 saturated heterocycles. The van der Waals surface area contributed by atoms with Gasteiger partial charge in [-0.2, -0.15) is 0 Å². The van der Waals surface area contributed by atoms with Gasteiger partial charge in [-0.25, -0.2) is 4.98 Å². The van der Waals surface area contributed by atoms with Crippen LogP contribution in [0.5, 0.6) is 0 Å². The van der Waals surface area contributed by atoms with Crippen LogP contribution >= 0.6 is 27.3 Å². The van der Waals surface area contributed by atoms with E-state index >= 15 is 0 Å². The third kappa shape index (κ3) is 4.67. The van der Waals surface area contributed by atoms with Crippen molar-refractivity contribution in [3.63, 3.8) is 0 Å². The molecular weight excluding hydrogens is 516 g/mol. The molecule has 4 aromatic rings. The number of carbonyl (C=O) groups excluding carboxylic acids is 2. The van der Waals surface area contributed by atoms with Crippen LogP contribution < -0.4 is 16.2 Å². The Labute approximate surface area is 209 Å². The van der Waals surface area contributed by atoms with Gasteiger partial charge in [0.05, 0.1) is 16.6 Å². The maximum absolute atomic E-state index is 13.3. The van der Waals surface area contributed by atoms with Crippen molar-refractivity contribution in [1.82, 2.24) is 9.55 Å². The molecule has 0 aliphatic rings. The van der Waals surface area contributed by atoms with Crippen LogP contribution in [0.1, 0.15) is 39.3 Å². The second-order valence-corrected chi connectivity index (χ2v) is 10.1. The molecule has 2 aromatic carbocycles. The molecule has 2 heterocycles. The number of nitrogens with one attached hydrogen (secondary N) is 2. The summed E-state index contributed by atoms with van der Waals surface area (Å²) in [7, 11) is 0. The zero-order chi connectivity index (χ0) is 24.6. The maximum atomic E-state index is 13.3. The Kier molecular flexibility index (Phi) is 6.67. The minimum Gasteiger partial charge on any atom is -0.324 e. The third-order valence-electron chi connectivity index (χ3n) is 5.62. The van der Waals surface area contributed by atoms with Gasteiger partial charge in [0.2, 0.25) is 5.91 Å². The first-order valence-corrected chi connectivity index (χ1v) is 12.2. The minimum atomic E-state index is -0.792. The van der Waals surface area contributed by atoms with Crippen molar-refractivity contribution in [1.29, 1.82) is 0 Å². The summed E-state index contributed by atoms with van der Waals surface area (Å²) in [6, 6.07) is 12.2. The number of halogens is 1. The van der Waals surface area contributed by atoms with Crippen molar-refractivity contribution < 1.29 is 9.59 Å². The molecule has 34 heavy (non-hydrogen) atoms. The van der Waals surface area contributed by atoms with Crippen molar-refractivity contribution in [3.05, 3.63) is 85.2 Å². The number of rotatable bonds is 5. The van der Waals surface area contributed by atoms with Crippen molar-refractivity contribution in [2.45, 2.75) is 33.7 Å². The van der Waals surface area contributed by atoms with Gasteiger partial charge in [-0.05, 0) is 69.2 Å². The summed E-state index contributed by atoms with van der Waals surface area (Å²) in [6.07, 6.45) is 1.36. The number of thiophene rings is 1. The Hall–Kier alpha value is -3.30. The van der Waals surface area contributed by atoms with Gasteiger partial charge in [0.25, 0.3) is 11.5 Å². The molecule has 4 rings (SSSR count). The van der Waals surface area contributed by atoms with Crippen molar-refractivity contribution >= 4 is 60.7 Å². The Balaban J connectivity index is 1.62. The van der Waals surface area contributed by atoms with Gasteiger partial charge >= 0.3 is 0 Å². The van der Waals surface area contributed by atoms with Crippen LogP contribution in [0, 0.1) is 20.8 Å². The molecule has 0 spiro atoms. The van der Waals surface area contributed by atoms with E-state index in [2.05, 4.69) is 31.5 Å². The van der Waals surface area contributed by atoms with Crippen molar-refractivity contribution in [2.24, 2.45) is 0 Å². The first kappa shape index (κ1) is 23.8. The molecule has 2 aromatic heterocycles. The van der Waals surface area contributed by atoms with E-state index in [9.17, 15) is 14.4 Å². The van der Waals surface area contributed by atoms with Gasteiger partial charge in [0.15, 0.2) is 0 Å².